The third-order valence-corrected chi connectivity index (χ3v) is 5.50. The number of allylic oxidation sites excluding steroid dienone is 2. The molecule has 1 aromatic carbocycles. The maximum atomic E-state index is 10.1. The average Bonchev–Trinajstić information content (AvgIpc) is 2.59. The number of nitrogens with zero attached hydrogens (tertiary/aromatic N) is 1. The van der Waals surface area contributed by atoms with E-state index in [2.05, 4.69) is 23.1 Å². The third-order valence-electron chi connectivity index (χ3n) is 5.50. The van der Waals surface area contributed by atoms with Crippen molar-refractivity contribution in [2.45, 2.75) is 25.3 Å². The van der Waals surface area contributed by atoms with Gasteiger partial charge in [0.1, 0.15) is 11.5 Å². The standard InChI is InChI=1S/C19H23NO3/c1-22-15-3-4-16-12(7-15)5-6-20-11-14-10-19(23-2)18(21)9-13(14)8-17(16)20/h3-4,7,10,13,17,21H,5-6,8-9,11H2,1-2H3/t13?,17-/m0/s1. The van der Waals surface area contributed by atoms with Crippen molar-refractivity contribution in [1.29, 1.82) is 0 Å². The molecule has 23 heavy (non-hydrogen) atoms. The van der Waals surface area contributed by atoms with Gasteiger partial charge in [-0.25, -0.2) is 0 Å². The molecule has 4 rings (SSSR count). The summed E-state index contributed by atoms with van der Waals surface area (Å²) >= 11 is 0. The summed E-state index contributed by atoms with van der Waals surface area (Å²) in [4.78, 5) is 2.56. The molecular weight excluding hydrogens is 290 g/mol. The minimum absolute atomic E-state index is 0.389. The van der Waals surface area contributed by atoms with Gasteiger partial charge in [-0.2, -0.15) is 0 Å². The van der Waals surface area contributed by atoms with Crippen LogP contribution in [0.3, 0.4) is 0 Å². The van der Waals surface area contributed by atoms with E-state index in [4.69, 9.17) is 9.47 Å². The lowest BCUT2D eigenvalue weighted by atomic mass is 9.76. The molecule has 1 fully saturated rings. The molecule has 1 N–H and O–H groups in total. The molecule has 0 spiro atoms. The number of piperidine rings is 1. The minimum Gasteiger partial charge on any atom is -0.508 e. The van der Waals surface area contributed by atoms with Crippen LogP contribution in [-0.4, -0.2) is 37.3 Å². The van der Waals surface area contributed by atoms with E-state index in [1.807, 2.05) is 6.08 Å². The molecule has 2 heterocycles. The Kier molecular flexibility index (Phi) is 3.57. The van der Waals surface area contributed by atoms with E-state index >= 15 is 0 Å². The Hall–Kier alpha value is -1.94. The number of aliphatic hydroxyl groups excluding tert-OH is 1. The fourth-order valence-electron chi connectivity index (χ4n) is 4.26. The molecule has 4 nitrogen and oxygen atoms in total. The Morgan fingerprint density at radius 2 is 2.09 bits per heavy atom. The van der Waals surface area contributed by atoms with Gasteiger partial charge in [-0.3, -0.25) is 4.90 Å². The van der Waals surface area contributed by atoms with Crippen LogP contribution in [0.5, 0.6) is 5.75 Å². The van der Waals surface area contributed by atoms with Gasteiger partial charge >= 0.3 is 0 Å². The number of hydrogen-bond donors (Lipinski definition) is 1. The summed E-state index contributed by atoms with van der Waals surface area (Å²) in [7, 11) is 3.35. The monoisotopic (exact) mass is 313 g/mol. The van der Waals surface area contributed by atoms with Crippen molar-refractivity contribution in [3.8, 4) is 5.75 Å². The van der Waals surface area contributed by atoms with Crippen molar-refractivity contribution in [2.24, 2.45) is 5.92 Å². The second-order valence-corrected chi connectivity index (χ2v) is 6.67. The van der Waals surface area contributed by atoms with Crippen LogP contribution in [0.2, 0.25) is 0 Å². The van der Waals surface area contributed by atoms with Crippen molar-refractivity contribution in [2.75, 3.05) is 27.3 Å². The van der Waals surface area contributed by atoms with Crippen LogP contribution < -0.4 is 4.74 Å². The van der Waals surface area contributed by atoms with Crippen LogP contribution in [0, 0.1) is 5.92 Å². The number of methoxy groups -OCH3 is 2. The normalized spacial score (nSPS) is 26.8. The molecule has 0 amide bonds. The molecule has 2 atom stereocenters. The lowest BCUT2D eigenvalue weighted by Crippen LogP contribution is -2.43. The van der Waals surface area contributed by atoms with Gasteiger partial charge in [0.15, 0.2) is 5.76 Å². The Balaban J connectivity index is 1.64. The van der Waals surface area contributed by atoms with Crippen molar-refractivity contribution >= 4 is 0 Å². The molecule has 0 saturated carbocycles. The number of benzene rings is 1. The first kappa shape index (κ1) is 14.6. The van der Waals surface area contributed by atoms with Crippen LogP contribution in [0.25, 0.3) is 0 Å². The SMILES string of the molecule is COC1=C(O)CC2C[C@H]3c4ccc(OC)cc4CCN3CC2=C1. The van der Waals surface area contributed by atoms with Crippen LogP contribution >= 0.6 is 0 Å². The lowest BCUT2D eigenvalue weighted by Gasteiger charge is -2.45. The summed E-state index contributed by atoms with van der Waals surface area (Å²) in [5.74, 6) is 2.39. The molecule has 1 aliphatic carbocycles. The number of aliphatic hydroxyl groups is 1. The summed E-state index contributed by atoms with van der Waals surface area (Å²) in [5.41, 5.74) is 4.23. The highest BCUT2D eigenvalue weighted by Gasteiger charge is 2.38. The van der Waals surface area contributed by atoms with Crippen molar-refractivity contribution in [3.05, 3.63) is 52.5 Å². The number of fused-ring (bicyclic) bond motifs is 4. The molecule has 1 saturated heterocycles. The first-order valence-electron chi connectivity index (χ1n) is 8.27. The zero-order valence-corrected chi connectivity index (χ0v) is 13.7. The largest absolute Gasteiger partial charge is 0.508 e. The van der Waals surface area contributed by atoms with Gasteiger partial charge in [0.05, 0.1) is 14.2 Å². The summed E-state index contributed by atoms with van der Waals surface area (Å²) in [5, 5.41) is 10.1. The number of hydrogen-bond acceptors (Lipinski definition) is 4. The topological polar surface area (TPSA) is 41.9 Å². The van der Waals surface area contributed by atoms with Crippen LogP contribution in [-0.2, 0) is 11.2 Å². The van der Waals surface area contributed by atoms with Gasteiger partial charge in [0.2, 0.25) is 0 Å². The lowest BCUT2D eigenvalue weighted by molar-refractivity contribution is 0.130. The van der Waals surface area contributed by atoms with Gasteiger partial charge in [0.25, 0.3) is 0 Å². The first-order valence-corrected chi connectivity index (χ1v) is 8.27. The molecule has 0 radical (unpaired) electrons. The third kappa shape index (κ3) is 2.41. The summed E-state index contributed by atoms with van der Waals surface area (Å²) in [6.07, 6.45) is 4.87. The van der Waals surface area contributed by atoms with Gasteiger partial charge < -0.3 is 14.6 Å². The summed E-state index contributed by atoms with van der Waals surface area (Å²) in [6.45, 7) is 2.05. The van der Waals surface area contributed by atoms with Crippen molar-refractivity contribution < 1.29 is 14.6 Å². The highest BCUT2D eigenvalue weighted by Crippen LogP contribution is 2.45. The van der Waals surface area contributed by atoms with E-state index in [0.29, 0.717) is 29.9 Å². The van der Waals surface area contributed by atoms with E-state index in [1.54, 1.807) is 14.2 Å². The van der Waals surface area contributed by atoms with E-state index in [1.165, 1.54) is 16.7 Å². The van der Waals surface area contributed by atoms with Crippen molar-refractivity contribution in [3.63, 3.8) is 0 Å². The number of rotatable bonds is 2. The van der Waals surface area contributed by atoms with Gasteiger partial charge in [-0.05, 0) is 53.7 Å². The minimum atomic E-state index is 0.389. The first-order chi connectivity index (χ1) is 11.2. The van der Waals surface area contributed by atoms with Crippen LogP contribution in [0.15, 0.2) is 41.4 Å². The van der Waals surface area contributed by atoms with E-state index in [0.717, 1.165) is 31.7 Å². The molecule has 3 aliphatic rings. The fraction of sp³-hybridized carbons (Fsp3) is 0.474. The van der Waals surface area contributed by atoms with Gasteiger partial charge in [0, 0.05) is 25.6 Å². The van der Waals surface area contributed by atoms with Crippen molar-refractivity contribution in [1.82, 2.24) is 4.90 Å². The number of ether oxygens (including phenoxy) is 2. The molecule has 0 bridgehead atoms. The zero-order valence-electron chi connectivity index (χ0n) is 13.7. The predicted octanol–water partition coefficient (Wildman–Crippen LogP) is 3.36. The second-order valence-electron chi connectivity index (χ2n) is 6.67. The highest BCUT2D eigenvalue weighted by molar-refractivity contribution is 5.41. The summed E-state index contributed by atoms with van der Waals surface area (Å²) < 4.78 is 10.7. The van der Waals surface area contributed by atoms with E-state index in [-0.39, 0.29) is 0 Å². The molecule has 2 aliphatic heterocycles. The van der Waals surface area contributed by atoms with E-state index < -0.39 is 0 Å². The maximum Gasteiger partial charge on any atom is 0.156 e. The van der Waals surface area contributed by atoms with Gasteiger partial charge in [-0.1, -0.05) is 6.07 Å². The average molecular weight is 313 g/mol. The van der Waals surface area contributed by atoms with E-state index in [9.17, 15) is 5.11 Å². The van der Waals surface area contributed by atoms with Crippen LogP contribution in [0.1, 0.15) is 30.0 Å². The predicted molar refractivity (Wildman–Crippen MR) is 88.5 cm³/mol. The van der Waals surface area contributed by atoms with Crippen LogP contribution in [0.4, 0.5) is 0 Å². The highest BCUT2D eigenvalue weighted by atomic mass is 16.5. The Labute approximate surface area is 137 Å². The smallest absolute Gasteiger partial charge is 0.156 e. The summed E-state index contributed by atoms with van der Waals surface area (Å²) in [6, 6.07) is 6.91. The quantitative estimate of drug-likeness (QED) is 0.909. The molecule has 0 aromatic heterocycles. The fourth-order valence-corrected chi connectivity index (χ4v) is 4.26. The second kappa shape index (κ2) is 5.60. The molecule has 1 aromatic rings. The Morgan fingerprint density at radius 3 is 2.87 bits per heavy atom. The Bertz CT molecular complexity index is 692. The zero-order chi connectivity index (χ0) is 16.0. The van der Waals surface area contributed by atoms with Gasteiger partial charge in [-0.15, -0.1) is 0 Å². The molecule has 4 heteroatoms. The molecule has 1 unspecified atom stereocenters. The maximum absolute atomic E-state index is 10.1. The molecular formula is C19H23NO3. The Morgan fingerprint density at radius 1 is 1.22 bits per heavy atom. The molecule has 122 valence electrons.